The average Bonchev–Trinajstić information content (AvgIpc) is 2.26. The van der Waals surface area contributed by atoms with Gasteiger partial charge in [-0.1, -0.05) is 23.7 Å². The maximum atomic E-state index is 12.8. The van der Waals surface area contributed by atoms with Gasteiger partial charge in [0.25, 0.3) is 0 Å². The second-order valence-electron chi connectivity index (χ2n) is 3.79. The van der Waals surface area contributed by atoms with E-state index in [1.54, 1.807) is 6.92 Å². The molecule has 0 fully saturated rings. The largest absolute Gasteiger partial charge is 0.418 e. The van der Waals surface area contributed by atoms with Gasteiger partial charge in [-0.2, -0.15) is 13.2 Å². The van der Waals surface area contributed by atoms with Crippen LogP contribution < -0.4 is 5.32 Å². The van der Waals surface area contributed by atoms with Crippen LogP contribution in [0.25, 0.3) is 0 Å². The summed E-state index contributed by atoms with van der Waals surface area (Å²) in [5.41, 5.74) is -0.841. The molecule has 0 aliphatic heterocycles. The number of halogens is 4. The number of aromatic nitrogens is 2. The SMILES string of the molecule is Cc1nc(Cl)cc(Nc2ccccc2C(F)(F)F)n1. The summed E-state index contributed by atoms with van der Waals surface area (Å²) in [7, 11) is 0. The summed E-state index contributed by atoms with van der Waals surface area (Å²) in [6, 6.07) is 6.52. The van der Waals surface area contributed by atoms with Crippen LogP contribution in [0.2, 0.25) is 5.15 Å². The number of para-hydroxylation sites is 1. The lowest BCUT2D eigenvalue weighted by Crippen LogP contribution is -2.09. The van der Waals surface area contributed by atoms with Crippen LogP contribution in [0.4, 0.5) is 24.7 Å². The maximum Gasteiger partial charge on any atom is 0.418 e. The minimum Gasteiger partial charge on any atom is -0.340 e. The van der Waals surface area contributed by atoms with Crippen LogP contribution in [0.15, 0.2) is 30.3 Å². The predicted molar refractivity (Wildman–Crippen MR) is 66.5 cm³/mol. The van der Waals surface area contributed by atoms with Gasteiger partial charge in [-0.05, 0) is 19.1 Å². The Kier molecular flexibility index (Phi) is 3.61. The molecule has 100 valence electrons. The molecular weight excluding hydrogens is 279 g/mol. The molecule has 1 N–H and O–H groups in total. The van der Waals surface area contributed by atoms with Crippen molar-refractivity contribution in [1.29, 1.82) is 0 Å². The quantitative estimate of drug-likeness (QED) is 0.841. The lowest BCUT2D eigenvalue weighted by atomic mass is 10.1. The summed E-state index contributed by atoms with van der Waals surface area (Å²) >= 11 is 5.73. The summed E-state index contributed by atoms with van der Waals surface area (Å²) in [6.07, 6.45) is -4.44. The molecule has 3 nitrogen and oxygen atoms in total. The Hall–Kier alpha value is -1.82. The van der Waals surface area contributed by atoms with Crippen LogP contribution in [0, 0.1) is 6.92 Å². The first kappa shape index (κ1) is 13.6. The molecule has 1 heterocycles. The third kappa shape index (κ3) is 3.35. The van der Waals surface area contributed by atoms with Crippen molar-refractivity contribution in [2.75, 3.05) is 5.32 Å². The molecule has 2 rings (SSSR count). The molecule has 1 aromatic heterocycles. The van der Waals surface area contributed by atoms with E-state index in [0.717, 1.165) is 6.07 Å². The van der Waals surface area contributed by atoms with Gasteiger partial charge in [0, 0.05) is 6.07 Å². The van der Waals surface area contributed by atoms with E-state index >= 15 is 0 Å². The van der Waals surface area contributed by atoms with Crippen LogP contribution in [0.3, 0.4) is 0 Å². The number of rotatable bonds is 2. The zero-order chi connectivity index (χ0) is 14.0. The molecule has 0 aliphatic carbocycles. The van der Waals surface area contributed by atoms with Gasteiger partial charge in [-0.15, -0.1) is 0 Å². The number of hydrogen-bond donors (Lipinski definition) is 1. The van der Waals surface area contributed by atoms with Crippen molar-refractivity contribution < 1.29 is 13.2 Å². The Labute approximate surface area is 112 Å². The third-order valence-corrected chi connectivity index (χ3v) is 2.50. The number of nitrogens with one attached hydrogen (secondary N) is 1. The zero-order valence-electron chi connectivity index (χ0n) is 9.79. The van der Waals surface area contributed by atoms with E-state index in [2.05, 4.69) is 15.3 Å². The molecule has 0 saturated carbocycles. The minimum atomic E-state index is -4.44. The van der Waals surface area contributed by atoms with E-state index in [-0.39, 0.29) is 16.7 Å². The molecule has 0 saturated heterocycles. The highest BCUT2D eigenvalue weighted by Crippen LogP contribution is 2.35. The topological polar surface area (TPSA) is 37.8 Å². The highest BCUT2D eigenvalue weighted by molar-refractivity contribution is 6.29. The second kappa shape index (κ2) is 5.05. The molecular formula is C12H9ClF3N3. The van der Waals surface area contributed by atoms with E-state index in [4.69, 9.17) is 11.6 Å². The fourth-order valence-corrected chi connectivity index (χ4v) is 1.80. The standard InChI is InChI=1S/C12H9ClF3N3/c1-7-17-10(13)6-11(18-7)19-9-5-3-2-4-8(9)12(14,15)16/h2-6H,1H3,(H,17,18,19). The molecule has 0 aliphatic rings. The Morgan fingerprint density at radius 2 is 1.84 bits per heavy atom. The molecule has 0 unspecified atom stereocenters. The molecule has 7 heteroatoms. The Morgan fingerprint density at radius 1 is 1.16 bits per heavy atom. The zero-order valence-corrected chi connectivity index (χ0v) is 10.5. The van der Waals surface area contributed by atoms with Crippen LogP contribution in [0.1, 0.15) is 11.4 Å². The normalized spacial score (nSPS) is 11.4. The van der Waals surface area contributed by atoms with Gasteiger partial charge >= 0.3 is 6.18 Å². The fourth-order valence-electron chi connectivity index (χ4n) is 1.57. The van der Waals surface area contributed by atoms with Crippen LogP contribution >= 0.6 is 11.6 Å². The number of anilines is 2. The van der Waals surface area contributed by atoms with Crippen molar-refractivity contribution >= 4 is 23.1 Å². The molecule has 0 bridgehead atoms. The number of aryl methyl sites for hydroxylation is 1. The number of alkyl halides is 3. The summed E-state index contributed by atoms with van der Waals surface area (Å²) in [5.74, 6) is 0.591. The van der Waals surface area contributed by atoms with Crippen LogP contribution in [-0.2, 0) is 6.18 Å². The van der Waals surface area contributed by atoms with Gasteiger partial charge in [0.1, 0.15) is 16.8 Å². The highest BCUT2D eigenvalue weighted by Gasteiger charge is 2.33. The summed E-state index contributed by atoms with van der Waals surface area (Å²) in [6.45, 7) is 1.60. The smallest absolute Gasteiger partial charge is 0.340 e. The van der Waals surface area contributed by atoms with Crippen molar-refractivity contribution in [3.05, 3.63) is 46.9 Å². The Bertz CT molecular complexity index is 579. The van der Waals surface area contributed by atoms with Gasteiger partial charge in [0.15, 0.2) is 0 Å². The number of benzene rings is 1. The van der Waals surface area contributed by atoms with Gasteiger partial charge in [0.2, 0.25) is 0 Å². The first-order chi connectivity index (χ1) is 8.86. The first-order valence-electron chi connectivity index (χ1n) is 5.31. The monoisotopic (exact) mass is 287 g/mol. The van der Waals surface area contributed by atoms with E-state index in [9.17, 15) is 13.2 Å². The average molecular weight is 288 g/mol. The van der Waals surface area contributed by atoms with Crippen molar-refractivity contribution in [3.63, 3.8) is 0 Å². The lowest BCUT2D eigenvalue weighted by molar-refractivity contribution is -0.136. The van der Waals surface area contributed by atoms with Gasteiger partial charge in [0.05, 0.1) is 11.3 Å². The van der Waals surface area contributed by atoms with Gasteiger partial charge in [-0.25, -0.2) is 9.97 Å². The van der Waals surface area contributed by atoms with Crippen molar-refractivity contribution in [1.82, 2.24) is 9.97 Å². The molecule has 19 heavy (non-hydrogen) atoms. The number of nitrogens with zero attached hydrogens (tertiary/aromatic N) is 2. The fraction of sp³-hybridized carbons (Fsp3) is 0.167. The third-order valence-electron chi connectivity index (χ3n) is 2.30. The Balaban J connectivity index is 2.38. The highest BCUT2D eigenvalue weighted by atomic mass is 35.5. The Morgan fingerprint density at radius 3 is 2.47 bits per heavy atom. The molecule has 2 aromatic rings. The van der Waals surface area contributed by atoms with Gasteiger partial charge in [-0.3, -0.25) is 0 Å². The van der Waals surface area contributed by atoms with Crippen LogP contribution in [-0.4, -0.2) is 9.97 Å². The predicted octanol–water partition coefficient (Wildman–Crippen LogP) is 4.20. The van der Waals surface area contributed by atoms with Crippen LogP contribution in [0.5, 0.6) is 0 Å². The van der Waals surface area contributed by atoms with E-state index in [1.165, 1.54) is 24.3 Å². The lowest BCUT2D eigenvalue weighted by Gasteiger charge is -2.14. The second-order valence-corrected chi connectivity index (χ2v) is 4.18. The molecule has 0 spiro atoms. The number of hydrogen-bond acceptors (Lipinski definition) is 3. The molecule has 0 amide bonds. The summed E-state index contributed by atoms with van der Waals surface area (Å²) in [5, 5.41) is 2.77. The van der Waals surface area contributed by atoms with Crippen molar-refractivity contribution in [3.8, 4) is 0 Å². The van der Waals surface area contributed by atoms with E-state index < -0.39 is 11.7 Å². The maximum absolute atomic E-state index is 12.8. The van der Waals surface area contributed by atoms with E-state index in [0.29, 0.717) is 5.82 Å². The molecule has 0 atom stereocenters. The summed E-state index contributed by atoms with van der Waals surface area (Å²) in [4.78, 5) is 7.82. The minimum absolute atomic E-state index is 0.0795. The molecule has 0 radical (unpaired) electrons. The molecule has 1 aromatic carbocycles. The van der Waals surface area contributed by atoms with E-state index in [1.807, 2.05) is 0 Å². The van der Waals surface area contributed by atoms with Crippen molar-refractivity contribution in [2.24, 2.45) is 0 Å². The van der Waals surface area contributed by atoms with Crippen molar-refractivity contribution in [2.45, 2.75) is 13.1 Å². The first-order valence-corrected chi connectivity index (χ1v) is 5.68. The van der Waals surface area contributed by atoms with Gasteiger partial charge < -0.3 is 5.32 Å². The summed E-state index contributed by atoms with van der Waals surface area (Å²) < 4.78 is 38.4.